The Morgan fingerprint density at radius 3 is 2.62 bits per heavy atom. The summed E-state index contributed by atoms with van der Waals surface area (Å²) >= 11 is 0. The Kier molecular flexibility index (Phi) is 6.21. The molecule has 1 aromatic rings. The molecule has 1 heterocycles. The van der Waals surface area contributed by atoms with Crippen molar-refractivity contribution in [3.63, 3.8) is 0 Å². The van der Waals surface area contributed by atoms with Gasteiger partial charge < -0.3 is 15.0 Å². The molecule has 1 atom stereocenters. The van der Waals surface area contributed by atoms with Crippen LogP contribution < -0.4 is 5.32 Å². The van der Waals surface area contributed by atoms with E-state index in [1.807, 2.05) is 42.3 Å². The van der Waals surface area contributed by atoms with Gasteiger partial charge in [0.25, 0.3) is 5.91 Å². The molecule has 116 valence electrons. The largest absolute Gasteiger partial charge is 0.367 e. The van der Waals surface area contributed by atoms with Gasteiger partial charge in [-0.1, -0.05) is 30.3 Å². The van der Waals surface area contributed by atoms with Crippen LogP contribution in [0.1, 0.15) is 30.9 Å². The van der Waals surface area contributed by atoms with Crippen molar-refractivity contribution in [1.29, 1.82) is 0 Å². The lowest BCUT2D eigenvalue weighted by molar-refractivity contribution is -0.141. The number of piperidine rings is 1. The van der Waals surface area contributed by atoms with E-state index in [4.69, 9.17) is 4.74 Å². The van der Waals surface area contributed by atoms with Crippen molar-refractivity contribution in [3.05, 3.63) is 35.9 Å². The fourth-order valence-electron chi connectivity index (χ4n) is 2.86. The Labute approximate surface area is 127 Å². The molecule has 1 aliphatic rings. The van der Waals surface area contributed by atoms with Crippen molar-refractivity contribution in [2.45, 2.75) is 25.4 Å². The van der Waals surface area contributed by atoms with Crippen LogP contribution in [-0.2, 0) is 9.53 Å². The molecule has 1 aliphatic heterocycles. The third-order valence-electron chi connectivity index (χ3n) is 4.27. The number of rotatable bonds is 6. The van der Waals surface area contributed by atoms with Crippen LogP contribution in [0.2, 0.25) is 0 Å². The summed E-state index contributed by atoms with van der Waals surface area (Å²) in [5.41, 5.74) is 0.915. The highest BCUT2D eigenvalue weighted by Gasteiger charge is 2.24. The van der Waals surface area contributed by atoms with Gasteiger partial charge in [0.05, 0.1) is 0 Å². The number of likely N-dealkylation sites (N-methyl/N-ethyl adjacent to an activating group) is 1. The number of methoxy groups -OCH3 is 1. The maximum Gasteiger partial charge on any atom is 0.256 e. The van der Waals surface area contributed by atoms with Gasteiger partial charge in [-0.2, -0.15) is 0 Å². The average molecular weight is 290 g/mol. The van der Waals surface area contributed by atoms with Crippen LogP contribution in [0.3, 0.4) is 0 Å². The van der Waals surface area contributed by atoms with E-state index in [9.17, 15) is 4.79 Å². The number of hydrogen-bond acceptors (Lipinski definition) is 3. The predicted octanol–water partition coefficient (Wildman–Crippen LogP) is 2.22. The van der Waals surface area contributed by atoms with Crippen molar-refractivity contribution >= 4 is 5.91 Å². The lowest BCUT2D eigenvalue weighted by atomic mass is 9.94. The second-order valence-electron chi connectivity index (χ2n) is 5.77. The molecule has 1 fully saturated rings. The predicted molar refractivity (Wildman–Crippen MR) is 84.0 cm³/mol. The Morgan fingerprint density at radius 1 is 1.33 bits per heavy atom. The fraction of sp³-hybridized carbons (Fsp3) is 0.588. The van der Waals surface area contributed by atoms with E-state index in [0.29, 0.717) is 0 Å². The molecule has 21 heavy (non-hydrogen) atoms. The number of carbonyl (C=O) groups is 1. The normalized spacial score (nSPS) is 17.4. The molecule has 1 unspecified atom stereocenters. The maximum atomic E-state index is 12.5. The van der Waals surface area contributed by atoms with E-state index in [1.54, 1.807) is 7.11 Å². The average Bonchev–Trinajstić information content (AvgIpc) is 2.55. The summed E-state index contributed by atoms with van der Waals surface area (Å²) < 4.78 is 5.41. The number of hydrogen-bond donors (Lipinski definition) is 1. The zero-order valence-corrected chi connectivity index (χ0v) is 13.0. The van der Waals surface area contributed by atoms with Gasteiger partial charge in [-0.05, 0) is 43.8 Å². The van der Waals surface area contributed by atoms with Crippen LogP contribution in [0.15, 0.2) is 30.3 Å². The smallest absolute Gasteiger partial charge is 0.256 e. The van der Waals surface area contributed by atoms with E-state index < -0.39 is 6.10 Å². The lowest BCUT2D eigenvalue weighted by Crippen LogP contribution is -2.35. The standard InChI is InChI=1S/C17H26N2O2/c1-19(13-10-14-8-11-18-12-9-14)17(20)16(21-2)15-6-4-3-5-7-15/h3-7,14,16,18H,8-13H2,1-2H3. The summed E-state index contributed by atoms with van der Waals surface area (Å²) in [7, 11) is 3.47. The first-order valence-corrected chi connectivity index (χ1v) is 7.76. The molecule has 1 N–H and O–H groups in total. The first kappa shape index (κ1) is 16.0. The van der Waals surface area contributed by atoms with Crippen molar-refractivity contribution in [3.8, 4) is 0 Å². The van der Waals surface area contributed by atoms with Crippen molar-refractivity contribution in [2.24, 2.45) is 5.92 Å². The molecule has 0 radical (unpaired) electrons. The number of ether oxygens (including phenoxy) is 1. The summed E-state index contributed by atoms with van der Waals surface area (Å²) in [5, 5.41) is 3.37. The van der Waals surface area contributed by atoms with Crippen LogP contribution in [0.25, 0.3) is 0 Å². The zero-order chi connectivity index (χ0) is 15.1. The van der Waals surface area contributed by atoms with Gasteiger partial charge in [0.15, 0.2) is 6.10 Å². The third-order valence-corrected chi connectivity index (χ3v) is 4.27. The topological polar surface area (TPSA) is 41.6 Å². The molecular weight excluding hydrogens is 264 g/mol. The highest BCUT2D eigenvalue weighted by molar-refractivity contribution is 5.82. The fourth-order valence-corrected chi connectivity index (χ4v) is 2.86. The van der Waals surface area contributed by atoms with Gasteiger partial charge in [-0.15, -0.1) is 0 Å². The zero-order valence-electron chi connectivity index (χ0n) is 13.0. The van der Waals surface area contributed by atoms with E-state index >= 15 is 0 Å². The van der Waals surface area contributed by atoms with E-state index in [2.05, 4.69) is 5.32 Å². The van der Waals surface area contributed by atoms with Gasteiger partial charge in [0, 0.05) is 20.7 Å². The summed E-state index contributed by atoms with van der Waals surface area (Å²) in [6.07, 6.45) is 3.02. The maximum absolute atomic E-state index is 12.5. The summed E-state index contributed by atoms with van der Waals surface area (Å²) in [6.45, 7) is 3.01. The molecule has 0 bridgehead atoms. The van der Waals surface area contributed by atoms with Crippen molar-refractivity contribution in [1.82, 2.24) is 10.2 Å². The summed E-state index contributed by atoms with van der Waals surface area (Å²) in [6, 6.07) is 9.69. The Bertz CT molecular complexity index is 430. The number of carbonyl (C=O) groups excluding carboxylic acids is 1. The monoisotopic (exact) mass is 290 g/mol. The first-order chi connectivity index (χ1) is 10.2. The first-order valence-electron chi connectivity index (χ1n) is 7.76. The van der Waals surface area contributed by atoms with Crippen LogP contribution >= 0.6 is 0 Å². The molecular formula is C17H26N2O2. The Balaban J connectivity index is 1.88. The molecule has 4 heteroatoms. The number of nitrogens with zero attached hydrogens (tertiary/aromatic N) is 1. The molecule has 0 spiro atoms. The molecule has 2 rings (SSSR count). The minimum Gasteiger partial charge on any atom is -0.367 e. The lowest BCUT2D eigenvalue weighted by Gasteiger charge is -2.27. The van der Waals surface area contributed by atoms with E-state index in [1.165, 1.54) is 12.8 Å². The third kappa shape index (κ3) is 4.55. The van der Waals surface area contributed by atoms with Crippen LogP contribution in [0.5, 0.6) is 0 Å². The molecule has 0 aromatic heterocycles. The summed E-state index contributed by atoms with van der Waals surface area (Å²) in [4.78, 5) is 14.3. The van der Waals surface area contributed by atoms with Crippen LogP contribution in [-0.4, -0.2) is 44.6 Å². The highest BCUT2D eigenvalue weighted by Crippen LogP contribution is 2.20. The molecule has 0 aliphatic carbocycles. The van der Waals surface area contributed by atoms with Crippen LogP contribution in [0, 0.1) is 5.92 Å². The second kappa shape index (κ2) is 8.15. The summed E-state index contributed by atoms with van der Waals surface area (Å²) in [5.74, 6) is 0.775. The van der Waals surface area contributed by atoms with E-state index in [-0.39, 0.29) is 5.91 Å². The minimum absolute atomic E-state index is 0.0395. The highest BCUT2D eigenvalue weighted by atomic mass is 16.5. The second-order valence-corrected chi connectivity index (χ2v) is 5.77. The van der Waals surface area contributed by atoms with Gasteiger partial charge in [0.2, 0.25) is 0 Å². The Hall–Kier alpha value is -1.39. The molecule has 1 aromatic carbocycles. The van der Waals surface area contributed by atoms with Gasteiger partial charge >= 0.3 is 0 Å². The molecule has 1 amide bonds. The SMILES string of the molecule is COC(C(=O)N(C)CCC1CCNCC1)c1ccccc1. The van der Waals surface area contributed by atoms with Gasteiger partial charge in [0.1, 0.15) is 0 Å². The molecule has 1 saturated heterocycles. The van der Waals surface area contributed by atoms with Gasteiger partial charge in [-0.3, -0.25) is 4.79 Å². The van der Waals surface area contributed by atoms with Gasteiger partial charge in [-0.25, -0.2) is 0 Å². The minimum atomic E-state index is -0.496. The molecule has 0 saturated carbocycles. The van der Waals surface area contributed by atoms with Crippen molar-refractivity contribution < 1.29 is 9.53 Å². The van der Waals surface area contributed by atoms with Crippen LogP contribution in [0.4, 0.5) is 0 Å². The quantitative estimate of drug-likeness (QED) is 0.873. The Morgan fingerprint density at radius 2 is 2.00 bits per heavy atom. The number of benzene rings is 1. The number of nitrogens with one attached hydrogen (secondary N) is 1. The van der Waals surface area contributed by atoms with E-state index in [0.717, 1.165) is 37.5 Å². The number of amides is 1. The van der Waals surface area contributed by atoms with Crippen molar-refractivity contribution in [2.75, 3.05) is 33.8 Å². The molecule has 4 nitrogen and oxygen atoms in total.